The minimum atomic E-state index is -0.727. The molecule has 2 saturated heterocycles. The number of halogens is 1. The summed E-state index contributed by atoms with van der Waals surface area (Å²) >= 11 is 7.52. The fourth-order valence-electron chi connectivity index (χ4n) is 7.15. The van der Waals surface area contributed by atoms with Crippen LogP contribution in [-0.4, -0.2) is 136 Å². The fraction of sp³-hybridized carbons (Fsp3) is 0.465. The molecule has 332 valence electrons. The molecule has 2 aromatic carbocycles. The summed E-state index contributed by atoms with van der Waals surface area (Å²) in [4.78, 5) is 71.1. The molecule has 2 aliphatic heterocycles. The van der Waals surface area contributed by atoms with Crippen LogP contribution in [0.4, 0.5) is 33.8 Å². The molecule has 1 atom stereocenters. The summed E-state index contributed by atoms with van der Waals surface area (Å²) in [7, 11) is 3.78. The summed E-state index contributed by atoms with van der Waals surface area (Å²) in [5, 5.41) is 9.48. The number of thiazole rings is 1. The van der Waals surface area contributed by atoms with Crippen molar-refractivity contribution in [2.45, 2.75) is 45.6 Å². The van der Waals surface area contributed by atoms with Crippen LogP contribution in [0.25, 0.3) is 0 Å². The van der Waals surface area contributed by atoms with Gasteiger partial charge in [0.1, 0.15) is 28.4 Å². The second-order valence-electron chi connectivity index (χ2n) is 15.2. The maximum atomic E-state index is 12.9. The zero-order valence-corrected chi connectivity index (χ0v) is 37.2. The lowest BCUT2D eigenvalue weighted by Gasteiger charge is -2.35. The van der Waals surface area contributed by atoms with Crippen LogP contribution >= 0.6 is 22.9 Å². The number of aryl methyl sites for hydroxylation is 3. The summed E-state index contributed by atoms with van der Waals surface area (Å²) in [6, 6.07) is 12.5. The topological polar surface area (TPSA) is 184 Å². The van der Waals surface area contributed by atoms with Crippen molar-refractivity contribution in [1.29, 1.82) is 0 Å². The van der Waals surface area contributed by atoms with Crippen LogP contribution in [0.1, 0.15) is 45.9 Å². The van der Waals surface area contributed by atoms with Gasteiger partial charge in [-0.15, -0.1) is 0 Å². The normalized spacial score (nSPS) is 15.6. The first-order valence-electron chi connectivity index (χ1n) is 20.7. The first kappa shape index (κ1) is 46.3. The Balaban J connectivity index is 0.815. The molecule has 4 aromatic rings. The number of ether oxygens (including phenoxy) is 3. The number of para-hydroxylation sites is 1. The molecular weight excluding hydrogens is 836 g/mol. The number of rotatable bonds is 22. The Morgan fingerprint density at radius 1 is 0.968 bits per heavy atom. The third kappa shape index (κ3) is 12.9. The van der Waals surface area contributed by atoms with E-state index in [1.165, 1.54) is 22.4 Å². The van der Waals surface area contributed by atoms with Gasteiger partial charge in [0.25, 0.3) is 5.91 Å². The summed E-state index contributed by atoms with van der Waals surface area (Å²) < 4.78 is 17.3. The SMILES string of the molecule is Cc1nc(Nc2ncc(C(=O)Nc3c(C)cccc3Cl)s2)cc(N2CCN(CCOCCOCCOCCCc3ccc(N(C=O)C4CCC(=O)NC4=O)c(N(C)C)c3)CC2)n1. The monoisotopic (exact) mass is 890 g/mol. The molecule has 0 aliphatic carbocycles. The van der Waals surface area contributed by atoms with Gasteiger partial charge in [-0.1, -0.05) is 41.1 Å². The highest BCUT2D eigenvalue weighted by molar-refractivity contribution is 7.17. The van der Waals surface area contributed by atoms with Crippen LogP contribution in [0.15, 0.2) is 48.7 Å². The number of amides is 4. The Hall–Kier alpha value is -5.24. The van der Waals surface area contributed by atoms with E-state index in [-0.39, 0.29) is 24.7 Å². The molecule has 2 aromatic heterocycles. The molecule has 0 radical (unpaired) electrons. The van der Waals surface area contributed by atoms with Crippen molar-refractivity contribution in [2.24, 2.45) is 0 Å². The zero-order valence-electron chi connectivity index (χ0n) is 35.7. The molecule has 2 fully saturated rings. The number of nitrogens with zero attached hydrogens (tertiary/aromatic N) is 7. The molecule has 2 aliphatic rings. The third-order valence-corrected chi connectivity index (χ3v) is 11.7. The number of piperazine rings is 1. The number of anilines is 6. The molecule has 6 rings (SSSR count). The van der Waals surface area contributed by atoms with Crippen molar-refractivity contribution < 1.29 is 33.4 Å². The van der Waals surface area contributed by atoms with Crippen LogP contribution in [0.5, 0.6) is 0 Å². The molecule has 19 heteroatoms. The van der Waals surface area contributed by atoms with Crippen molar-refractivity contribution in [1.82, 2.24) is 25.2 Å². The Morgan fingerprint density at radius 3 is 2.42 bits per heavy atom. The van der Waals surface area contributed by atoms with E-state index in [2.05, 4.69) is 40.7 Å². The van der Waals surface area contributed by atoms with Crippen molar-refractivity contribution in [3.8, 4) is 0 Å². The first-order chi connectivity index (χ1) is 30.0. The number of imide groups is 1. The lowest BCUT2D eigenvalue weighted by Crippen LogP contribution is -2.52. The molecule has 17 nitrogen and oxygen atoms in total. The quantitative estimate of drug-likeness (QED) is 0.0554. The number of carbonyl (C=O) groups excluding carboxylic acids is 4. The van der Waals surface area contributed by atoms with Gasteiger partial charge < -0.3 is 39.5 Å². The number of benzene rings is 2. The van der Waals surface area contributed by atoms with E-state index >= 15 is 0 Å². The van der Waals surface area contributed by atoms with Crippen LogP contribution in [-0.2, 0) is 35.0 Å². The number of nitrogens with one attached hydrogen (secondary N) is 3. The van der Waals surface area contributed by atoms with E-state index in [9.17, 15) is 19.2 Å². The number of aromatic nitrogens is 3. The van der Waals surface area contributed by atoms with E-state index < -0.39 is 11.9 Å². The van der Waals surface area contributed by atoms with Crippen LogP contribution in [0.2, 0.25) is 5.02 Å². The minimum absolute atomic E-state index is 0.195. The summed E-state index contributed by atoms with van der Waals surface area (Å²) in [6.45, 7) is 11.2. The van der Waals surface area contributed by atoms with E-state index in [0.717, 1.165) is 68.2 Å². The van der Waals surface area contributed by atoms with Crippen LogP contribution in [0.3, 0.4) is 0 Å². The third-order valence-electron chi connectivity index (χ3n) is 10.5. The minimum Gasteiger partial charge on any atom is -0.379 e. The molecule has 4 amide bonds. The van der Waals surface area contributed by atoms with Crippen LogP contribution in [0, 0.1) is 13.8 Å². The van der Waals surface area contributed by atoms with Crippen molar-refractivity contribution in [3.05, 3.63) is 75.5 Å². The Labute approximate surface area is 371 Å². The lowest BCUT2D eigenvalue weighted by atomic mass is 10.0. The van der Waals surface area contributed by atoms with Gasteiger partial charge in [0.2, 0.25) is 18.2 Å². The van der Waals surface area contributed by atoms with E-state index in [4.69, 9.17) is 25.8 Å². The van der Waals surface area contributed by atoms with Gasteiger partial charge in [0, 0.05) is 65.9 Å². The smallest absolute Gasteiger partial charge is 0.267 e. The molecule has 3 N–H and O–H groups in total. The van der Waals surface area contributed by atoms with E-state index in [1.807, 2.05) is 69.2 Å². The molecule has 1 unspecified atom stereocenters. The van der Waals surface area contributed by atoms with Gasteiger partial charge in [-0.2, -0.15) is 0 Å². The van der Waals surface area contributed by atoms with Crippen molar-refractivity contribution in [2.75, 3.05) is 112 Å². The van der Waals surface area contributed by atoms with Gasteiger partial charge >= 0.3 is 0 Å². The fourth-order valence-corrected chi connectivity index (χ4v) is 8.14. The molecule has 62 heavy (non-hydrogen) atoms. The van der Waals surface area contributed by atoms with Gasteiger partial charge in [-0.05, 0) is 62.4 Å². The number of hydrogen-bond donors (Lipinski definition) is 3. The molecular formula is C43H55ClN10O7S. The Morgan fingerprint density at radius 2 is 1.71 bits per heavy atom. The van der Waals surface area contributed by atoms with E-state index in [1.54, 1.807) is 6.07 Å². The maximum absolute atomic E-state index is 12.9. The number of hydrogen-bond acceptors (Lipinski definition) is 15. The average Bonchev–Trinajstić information content (AvgIpc) is 3.72. The molecule has 4 heterocycles. The molecule has 0 spiro atoms. The van der Waals surface area contributed by atoms with Gasteiger partial charge in [0.15, 0.2) is 5.13 Å². The van der Waals surface area contributed by atoms with Gasteiger partial charge in [-0.3, -0.25) is 29.4 Å². The van der Waals surface area contributed by atoms with Gasteiger partial charge in [-0.25, -0.2) is 15.0 Å². The Kier molecular flexibility index (Phi) is 17.0. The maximum Gasteiger partial charge on any atom is 0.267 e. The predicted molar refractivity (Wildman–Crippen MR) is 241 cm³/mol. The van der Waals surface area contributed by atoms with Crippen LogP contribution < -0.4 is 30.7 Å². The lowest BCUT2D eigenvalue weighted by molar-refractivity contribution is -0.134. The largest absolute Gasteiger partial charge is 0.379 e. The highest BCUT2D eigenvalue weighted by Crippen LogP contribution is 2.32. The predicted octanol–water partition coefficient (Wildman–Crippen LogP) is 4.84. The van der Waals surface area contributed by atoms with E-state index in [0.29, 0.717) is 84.1 Å². The summed E-state index contributed by atoms with van der Waals surface area (Å²) in [6.07, 6.45) is 4.27. The summed E-state index contributed by atoms with van der Waals surface area (Å²) in [5.74, 6) is 1.02. The highest BCUT2D eigenvalue weighted by atomic mass is 35.5. The number of carbonyl (C=O) groups is 4. The second kappa shape index (κ2) is 22.7. The zero-order chi connectivity index (χ0) is 44.0. The number of piperidine rings is 1. The average molecular weight is 891 g/mol. The molecule has 0 bridgehead atoms. The Bertz CT molecular complexity index is 2150. The van der Waals surface area contributed by atoms with Gasteiger partial charge in [0.05, 0.1) is 61.3 Å². The van der Waals surface area contributed by atoms with Crippen molar-refractivity contribution in [3.63, 3.8) is 0 Å². The second-order valence-corrected chi connectivity index (χ2v) is 16.6. The first-order valence-corrected chi connectivity index (χ1v) is 21.9. The molecule has 0 saturated carbocycles. The highest BCUT2D eigenvalue weighted by Gasteiger charge is 2.33. The summed E-state index contributed by atoms with van der Waals surface area (Å²) in [5.41, 5.74) is 3.99. The van der Waals surface area contributed by atoms with Crippen molar-refractivity contribution >= 4 is 80.9 Å². The standard InChI is InChI=1S/C43H55ClN10O7S/c1-29-7-5-9-32(44)40(29)50-42(58)36-27-45-43(62-36)48-37-26-38(47-30(2)46-37)53-16-14-52(15-17-53)18-20-60-22-24-61-23-21-59-19-6-8-31-10-11-33(35(25-31)51(3)4)54(28-55)34-12-13-39(56)49-41(34)57/h5,7,9-11,25-28,34H,6,8,12-24H2,1-4H3,(H,50,58)(H,49,56,57)(H,45,46,47,48).